The molecular weight excluding hydrogens is 446 g/mol. The lowest BCUT2D eigenvalue weighted by atomic mass is 9.90. The molecular formula is C27H32ClN5O. The molecule has 5 N–H and O–H groups in total. The second-order valence-corrected chi connectivity index (χ2v) is 10.00. The van der Waals surface area contributed by atoms with Crippen LogP contribution >= 0.6 is 11.6 Å². The standard InChI is InChI=1S/C27H32ClN5O/c1-17(29)26-23-8-7-20(18-9-12-32(13-10-18)27(34)19-5-6-19)15-24(23)25(11-14-33(26)30)31-22-4-2-3-21(28)16-22/h2-4,7-9,15-16,19,25,31H,5-6,10-14,29-30H2,1H3/b26-17-. The number of nitrogens with two attached hydrogens (primary N) is 2. The topological polar surface area (TPSA) is 87.6 Å². The lowest BCUT2D eigenvalue weighted by Gasteiger charge is -2.28. The number of amides is 1. The third kappa shape index (κ3) is 4.65. The molecule has 1 saturated carbocycles. The van der Waals surface area contributed by atoms with Crippen molar-refractivity contribution in [2.75, 3.05) is 25.0 Å². The Balaban J connectivity index is 1.49. The average Bonchev–Trinajstić information content (AvgIpc) is 3.67. The first-order valence-electron chi connectivity index (χ1n) is 12.0. The van der Waals surface area contributed by atoms with E-state index in [0.717, 1.165) is 49.2 Å². The third-order valence-corrected chi connectivity index (χ3v) is 7.22. The average molecular weight is 478 g/mol. The van der Waals surface area contributed by atoms with Gasteiger partial charge in [0.25, 0.3) is 0 Å². The summed E-state index contributed by atoms with van der Waals surface area (Å²) < 4.78 is 0. The van der Waals surface area contributed by atoms with Gasteiger partial charge in [-0.1, -0.05) is 35.9 Å². The molecule has 1 unspecified atom stereocenters. The van der Waals surface area contributed by atoms with E-state index in [1.807, 2.05) is 36.1 Å². The fourth-order valence-corrected chi connectivity index (χ4v) is 5.24. The van der Waals surface area contributed by atoms with Crippen LogP contribution in [0.1, 0.15) is 55.3 Å². The van der Waals surface area contributed by atoms with Crippen LogP contribution in [0, 0.1) is 5.92 Å². The largest absolute Gasteiger partial charge is 0.401 e. The van der Waals surface area contributed by atoms with Gasteiger partial charge in [0.15, 0.2) is 0 Å². The van der Waals surface area contributed by atoms with E-state index in [0.29, 0.717) is 29.7 Å². The molecule has 3 aliphatic rings. The monoisotopic (exact) mass is 477 g/mol. The van der Waals surface area contributed by atoms with Gasteiger partial charge in [0, 0.05) is 47.5 Å². The highest BCUT2D eigenvalue weighted by molar-refractivity contribution is 6.30. The third-order valence-electron chi connectivity index (χ3n) is 6.99. The highest BCUT2D eigenvalue weighted by Gasteiger charge is 2.34. The Bertz CT molecular complexity index is 1170. The molecule has 6 nitrogen and oxygen atoms in total. The van der Waals surface area contributed by atoms with Crippen LogP contribution in [-0.4, -0.2) is 35.5 Å². The van der Waals surface area contributed by atoms with Crippen molar-refractivity contribution in [2.45, 2.75) is 38.6 Å². The number of hydrogen-bond donors (Lipinski definition) is 3. The quantitative estimate of drug-likeness (QED) is 0.553. The molecule has 0 bridgehead atoms. The van der Waals surface area contributed by atoms with E-state index in [1.54, 1.807) is 5.01 Å². The predicted molar refractivity (Wildman–Crippen MR) is 138 cm³/mol. The van der Waals surface area contributed by atoms with Gasteiger partial charge < -0.3 is 21.0 Å². The number of hydrazine groups is 1. The fourth-order valence-electron chi connectivity index (χ4n) is 5.04. The first-order valence-corrected chi connectivity index (χ1v) is 12.4. The minimum Gasteiger partial charge on any atom is -0.401 e. The molecule has 0 saturated heterocycles. The number of hydrogen-bond acceptors (Lipinski definition) is 5. The van der Waals surface area contributed by atoms with E-state index >= 15 is 0 Å². The van der Waals surface area contributed by atoms with Crippen LogP contribution in [0.5, 0.6) is 0 Å². The van der Waals surface area contributed by atoms with Crippen molar-refractivity contribution in [2.24, 2.45) is 17.5 Å². The number of rotatable bonds is 4. The number of nitrogens with zero attached hydrogens (tertiary/aromatic N) is 2. The van der Waals surface area contributed by atoms with Crippen LogP contribution in [0.2, 0.25) is 5.02 Å². The summed E-state index contributed by atoms with van der Waals surface area (Å²) in [4.78, 5) is 14.4. The Morgan fingerprint density at radius 1 is 1.12 bits per heavy atom. The molecule has 0 aromatic heterocycles. The van der Waals surface area contributed by atoms with Gasteiger partial charge in [-0.15, -0.1) is 0 Å². The van der Waals surface area contributed by atoms with Gasteiger partial charge in [-0.05, 0) is 73.6 Å². The van der Waals surface area contributed by atoms with Gasteiger partial charge >= 0.3 is 0 Å². The summed E-state index contributed by atoms with van der Waals surface area (Å²) in [7, 11) is 0. The molecule has 2 aromatic rings. The Hall–Kier alpha value is -2.96. The summed E-state index contributed by atoms with van der Waals surface area (Å²) in [5.41, 5.74) is 13.5. The van der Waals surface area contributed by atoms with Crippen molar-refractivity contribution in [3.8, 4) is 0 Å². The second kappa shape index (κ2) is 9.35. The van der Waals surface area contributed by atoms with Gasteiger partial charge in [0.05, 0.1) is 11.7 Å². The van der Waals surface area contributed by atoms with Crippen molar-refractivity contribution in [1.82, 2.24) is 9.91 Å². The summed E-state index contributed by atoms with van der Waals surface area (Å²) in [5.74, 6) is 7.01. The van der Waals surface area contributed by atoms with Crippen LogP contribution < -0.4 is 16.9 Å². The lowest BCUT2D eigenvalue weighted by molar-refractivity contribution is -0.132. The maximum absolute atomic E-state index is 12.5. The number of carbonyl (C=O) groups is 1. The Morgan fingerprint density at radius 2 is 1.94 bits per heavy atom. The van der Waals surface area contributed by atoms with E-state index in [9.17, 15) is 4.79 Å². The van der Waals surface area contributed by atoms with E-state index in [1.165, 1.54) is 16.7 Å². The van der Waals surface area contributed by atoms with Crippen molar-refractivity contribution in [1.29, 1.82) is 0 Å². The summed E-state index contributed by atoms with van der Waals surface area (Å²) in [6, 6.07) is 14.4. The van der Waals surface area contributed by atoms with Gasteiger partial charge in [-0.25, -0.2) is 5.84 Å². The Morgan fingerprint density at radius 3 is 2.62 bits per heavy atom. The van der Waals surface area contributed by atoms with E-state index in [4.69, 9.17) is 23.2 Å². The molecule has 0 spiro atoms. The van der Waals surface area contributed by atoms with Gasteiger partial charge in [0.1, 0.15) is 0 Å². The Labute approximate surface area is 206 Å². The fraction of sp³-hybridized carbons (Fsp3) is 0.370. The Kier molecular flexibility index (Phi) is 6.28. The summed E-state index contributed by atoms with van der Waals surface area (Å²) in [6.45, 7) is 4.04. The second-order valence-electron chi connectivity index (χ2n) is 9.56. The van der Waals surface area contributed by atoms with Gasteiger partial charge in [0.2, 0.25) is 5.91 Å². The molecule has 1 fully saturated rings. The number of anilines is 1. The van der Waals surface area contributed by atoms with Crippen LogP contribution in [0.4, 0.5) is 5.69 Å². The number of nitrogens with one attached hydrogen (secondary N) is 1. The van der Waals surface area contributed by atoms with Gasteiger partial charge in [-0.3, -0.25) is 4.79 Å². The molecule has 1 atom stereocenters. The SMILES string of the molecule is C/C(N)=C1\c2ccc(C3=CCN(C(=O)C4CC4)CC3)cc2C(Nc2cccc(Cl)c2)CCN1N. The molecule has 34 heavy (non-hydrogen) atoms. The van der Waals surface area contributed by atoms with Gasteiger partial charge in [-0.2, -0.15) is 0 Å². The minimum absolute atomic E-state index is 0.0495. The smallest absolute Gasteiger partial charge is 0.225 e. The highest BCUT2D eigenvalue weighted by Crippen LogP contribution is 2.38. The van der Waals surface area contributed by atoms with E-state index in [-0.39, 0.29) is 12.0 Å². The number of carbonyl (C=O) groups excluding carboxylic acids is 1. The van der Waals surface area contributed by atoms with E-state index in [2.05, 4.69) is 29.6 Å². The lowest BCUT2D eigenvalue weighted by Crippen LogP contribution is -2.35. The molecule has 5 rings (SSSR count). The first kappa shape index (κ1) is 22.8. The highest BCUT2D eigenvalue weighted by atomic mass is 35.5. The molecule has 2 aliphatic heterocycles. The van der Waals surface area contributed by atoms with E-state index < -0.39 is 0 Å². The van der Waals surface area contributed by atoms with Crippen LogP contribution in [0.3, 0.4) is 0 Å². The number of halogens is 1. The summed E-state index contributed by atoms with van der Waals surface area (Å²) >= 11 is 6.24. The zero-order valence-electron chi connectivity index (χ0n) is 19.6. The molecule has 2 heterocycles. The first-order chi connectivity index (χ1) is 16.4. The number of benzene rings is 2. The normalized spacial score (nSPS) is 22.0. The zero-order chi connectivity index (χ0) is 23.8. The van der Waals surface area contributed by atoms with Crippen molar-refractivity contribution < 1.29 is 4.79 Å². The minimum atomic E-state index is 0.0495. The van der Waals surface area contributed by atoms with Crippen molar-refractivity contribution >= 4 is 34.5 Å². The van der Waals surface area contributed by atoms with Crippen LogP contribution in [0.25, 0.3) is 11.3 Å². The number of allylic oxidation sites excluding steroid dienone is 1. The number of fused-ring (bicyclic) bond motifs is 1. The van der Waals surface area contributed by atoms with Crippen LogP contribution in [0.15, 0.2) is 54.2 Å². The molecule has 1 aliphatic carbocycles. The maximum atomic E-state index is 12.5. The van der Waals surface area contributed by atoms with Crippen molar-refractivity contribution in [3.05, 3.63) is 76.0 Å². The maximum Gasteiger partial charge on any atom is 0.225 e. The molecule has 2 aromatic carbocycles. The zero-order valence-corrected chi connectivity index (χ0v) is 20.3. The summed E-state index contributed by atoms with van der Waals surface area (Å²) in [6.07, 6.45) is 5.99. The molecule has 0 radical (unpaired) electrons. The molecule has 178 valence electrons. The van der Waals surface area contributed by atoms with Crippen LogP contribution in [-0.2, 0) is 4.79 Å². The molecule has 7 heteroatoms. The predicted octanol–water partition coefficient (Wildman–Crippen LogP) is 4.75. The summed E-state index contributed by atoms with van der Waals surface area (Å²) in [5, 5.41) is 6.12. The molecule has 1 amide bonds. The van der Waals surface area contributed by atoms with Crippen molar-refractivity contribution in [3.63, 3.8) is 0 Å².